The third kappa shape index (κ3) is 6.99. The van der Waals surface area contributed by atoms with Gasteiger partial charge in [0, 0.05) is 21.3 Å². The van der Waals surface area contributed by atoms with Crippen molar-refractivity contribution in [3.05, 3.63) is 96.8 Å². The molecule has 0 aliphatic carbocycles. The summed E-state index contributed by atoms with van der Waals surface area (Å²) < 4.78 is 6.53. The van der Waals surface area contributed by atoms with Crippen LogP contribution < -0.4 is 10.1 Å². The fourth-order valence-electron chi connectivity index (χ4n) is 3.60. The second kappa shape index (κ2) is 12.4. The average molecular weight is 634 g/mol. The third-order valence-corrected chi connectivity index (χ3v) is 7.80. The zero-order valence-corrected chi connectivity index (χ0v) is 24.4. The quantitative estimate of drug-likeness (QED) is 0.254. The van der Waals surface area contributed by atoms with E-state index in [2.05, 4.69) is 35.1 Å². The van der Waals surface area contributed by atoms with Crippen molar-refractivity contribution in [2.75, 3.05) is 11.9 Å². The molecule has 3 aromatic carbocycles. The summed E-state index contributed by atoms with van der Waals surface area (Å²) in [5, 5.41) is 3.30. The van der Waals surface area contributed by atoms with Gasteiger partial charge in [0.2, 0.25) is 5.91 Å². The summed E-state index contributed by atoms with van der Waals surface area (Å²) in [5.41, 5.74) is 3.23. The van der Waals surface area contributed by atoms with E-state index < -0.39 is 17.1 Å². The monoisotopic (exact) mass is 632 g/mol. The predicted molar refractivity (Wildman–Crippen MR) is 157 cm³/mol. The molecule has 4 rings (SSSR count). The van der Waals surface area contributed by atoms with Crippen LogP contribution in [0.25, 0.3) is 6.08 Å². The molecule has 0 bridgehead atoms. The van der Waals surface area contributed by atoms with E-state index in [9.17, 15) is 14.4 Å². The van der Waals surface area contributed by atoms with Crippen molar-refractivity contribution >= 4 is 79.7 Å². The third-order valence-electron chi connectivity index (χ3n) is 5.69. The van der Waals surface area contributed by atoms with Crippen molar-refractivity contribution in [3.63, 3.8) is 0 Å². The smallest absolute Gasteiger partial charge is 0.294 e. The molecule has 1 N–H and O–H groups in total. The Labute approximate surface area is 243 Å². The van der Waals surface area contributed by atoms with Gasteiger partial charge >= 0.3 is 0 Å². The SMILES string of the molecule is CC(C)c1ccc(NC(=O)CN2C(=O)S/C(=C/c3ccc(OCc4ccc(Cl)cc4Cl)c(Br)c3)C2=O)cc1. The number of thioether (sulfide) groups is 1. The molecule has 38 heavy (non-hydrogen) atoms. The van der Waals surface area contributed by atoms with Crippen molar-refractivity contribution in [2.45, 2.75) is 26.4 Å². The van der Waals surface area contributed by atoms with Gasteiger partial charge < -0.3 is 10.1 Å². The summed E-state index contributed by atoms with van der Waals surface area (Å²) in [5.74, 6) is -0.00553. The number of halogens is 3. The van der Waals surface area contributed by atoms with Gasteiger partial charge in [-0.1, -0.05) is 61.3 Å². The van der Waals surface area contributed by atoms with Crippen LogP contribution >= 0.6 is 50.9 Å². The Morgan fingerprint density at radius 3 is 2.47 bits per heavy atom. The van der Waals surface area contributed by atoms with Gasteiger partial charge in [0.05, 0.1) is 9.38 Å². The molecular formula is C28H23BrCl2N2O4S. The molecule has 3 aromatic rings. The minimum Gasteiger partial charge on any atom is -0.488 e. The zero-order valence-electron chi connectivity index (χ0n) is 20.5. The Kier molecular flexibility index (Phi) is 9.20. The lowest BCUT2D eigenvalue weighted by Gasteiger charge is -2.13. The predicted octanol–water partition coefficient (Wildman–Crippen LogP) is 8.13. The molecule has 0 radical (unpaired) electrons. The number of hydrogen-bond acceptors (Lipinski definition) is 5. The fraction of sp³-hybridized carbons (Fsp3) is 0.179. The molecule has 1 fully saturated rings. The molecule has 1 saturated heterocycles. The van der Waals surface area contributed by atoms with E-state index >= 15 is 0 Å². The van der Waals surface area contributed by atoms with Crippen LogP contribution in [0.1, 0.15) is 36.5 Å². The number of hydrogen-bond donors (Lipinski definition) is 1. The average Bonchev–Trinajstić information content (AvgIpc) is 3.12. The van der Waals surface area contributed by atoms with Crippen molar-refractivity contribution in [1.82, 2.24) is 4.90 Å². The van der Waals surface area contributed by atoms with Crippen LogP contribution in [0.2, 0.25) is 10.0 Å². The summed E-state index contributed by atoms with van der Waals surface area (Å²) in [4.78, 5) is 39.0. The molecule has 1 heterocycles. The van der Waals surface area contributed by atoms with Gasteiger partial charge in [0.1, 0.15) is 18.9 Å². The van der Waals surface area contributed by atoms with Gasteiger partial charge in [-0.05, 0) is 87.2 Å². The Hall–Kier alpha value is -2.78. The number of benzene rings is 3. The standard InChI is InChI=1S/C28H23BrCl2N2O4S/c1-16(2)18-5-8-21(9-6-18)32-26(34)14-33-27(35)25(38-28(33)36)12-17-3-10-24(22(29)11-17)37-15-19-4-7-20(30)13-23(19)31/h3-13,16H,14-15H2,1-2H3,(H,32,34)/b25-12+. The molecule has 3 amide bonds. The molecule has 1 aliphatic heterocycles. The van der Waals surface area contributed by atoms with Crippen LogP contribution in [0.15, 0.2) is 70.0 Å². The summed E-state index contributed by atoms with van der Waals surface area (Å²) in [7, 11) is 0. The van der Waals surface area contributed by atoms with Crippen LogP contribution in [0, 0.1) is 0 Å². The van der Waals surface area contributed by atoms with E-state index in [1.807, 2.05) is 12.1 Å². The number of carbonyl (C=O) groups is 3. The lowest BCUT2D eigenvalue weighted by Crippen LogP contribution is -2.36. The highest BCUT2D eigenvalue weighted by Crippen LogP contribution is 2.34. The highest BCUT2D eigenvalue weighted by Gasteiger charge is 2.36. The summed E-state index contributed by atoms with van der Waals surface area (Å²) >= 11 is 16.4. The number of nitrogens with one attached hydrogen (secondary N) is 1. The van der Waals surface area contributed by atoms with Crippen LogP contribution in [-0.2, 0) is 16.2 Å². The minimum atomic E-state index is -0.515. The maximum absolute atomic E-state index is 12.9. The van der Waals surface area contributed by atoms with E-state index in [-0.39, 0.29) is 18.1 Å². The Morgan fingerprint density at radius 2 is 1.82 bits per heavy atom. The minimum absolute atomic E-state index is 0.234. The molecule has 196 valence electrons. The maximum atomic E-state index is 12.9. The number of anilines is 1. The van der Waals surface area contributed by atoms with E-state index in [1.165, 1.54) is 0 Å². The number of carbonyl (C=O) groups excluding carboxylic acids is 3. The van der Waals surface area contributed by atoms with Gasteiger partial charge in [-0.2, -0.15) is 0 Å². The van der Waals surface area contributed by atoms with Crippen LogP contribution in [0.3, 0.4) is 0 Å². The van der Waals surface area contributed by atoms with Crippen molar-refractivity contribution < 1.29 is 19.1 Å². The lowest BCUT2D eigenvalue weighted by atomic mass is 10.0. The number of nitrogens with zero attached hydrogens (tertiary/aromatic N) is 1. The first-order valence-corrected chi connectivity index (χ1v) is 14.0. The Balaban J connectivity index is 1.38. The molecule has 0 atom stereocenters. The Morgan fingerprint density at radius 1 is 1.08 bits per heavy atom. The first-order valence-electron chi connectivity index (χ1n) is 11.6. The van der Waals surface area contributed by atoms with Crippen molar-refractivity contribution in [3.8, 4) is 5.75 Å². The molecule has 6 nitrogen and oxygen atoms in total. The normalized spacial score (nSPS) is 14.5. The molecule has 10 heteroatoms. The van der Waals surface area contributed by atoms with Crippen LogP contribution in [0.5, 0.6) is 5.75 Å². The zero-order chi connectivity index (χ0) is 27.4. The summed E-state index contributed by atoms with van der Waals surface area (Å²) in [6.07, 6.45) is 1.61. The van der Waals surface area contributed by atoms with E-state index in [4.69, 9.17) is 27.9 Å². The van der Waals surface area contributed by atoms with Crippen LogP contribution in [0.4, 0.5) is 10.5 Å². The molecular weight excluding hydrogens is 611 g/mol. The number of amides is 3. The largest absolute Gasteiger partial charge is 0.488 e. The van der Waals surface area contributed by atoms with Gasteiger partial charge in [-0.3, -0.25) is 19.3 Å². The van der Waals surface area contributed by atoms with E-state index in [0.717, 1.165) is 27.8 Å². The molecule has 1 aliphatic rings. The Bertz CT molecular complexity index is 1430. The molecule has 0 spiro atoms. The number of rotatable bonds is 8. The number of ether oxygens (including phenoxy) is 1. The molecule has 0 unspecified atom stereocenters. The summed E-state index contributed by atoms with van der Waals surface area (Å²) in [6, 6.07) is 18.0. The van der Waals surface area contributed by atoms with Gasteiger partial charge in [0.25, 0.3) is 11.1 Å². The van der Waals surface area contributed by atoms with Crippen molar-refractivity contribution in [1.29, 1.82) is 0 Å². The second-order valence-corrected chi connectivity index (χ2v) is 11.5. The van der Waals surface area contributed by atoms with Crippen LogP contribution in [-0.4, -0.2) is 28.5 Å². The number of imide groups is 1. The fourth-order valence-corrected chi connectivity index (χ4v) is 5.41. The maximum Gasteiger partial charge on any atom is 0.294 e. The second-order valence-electron chi connectivity index (χ2n) is 8.81. The van der Waals surface area contributed by atoms with Gasteiger partial charge in [0.15, 0.2) is 0 Å². The first-order chi connectivity index (χ1) is 18.1. The molecule has 0 saturated carbocycles. The van der Waals surface area contributed by atoms with Gasteiger partial charge in [-0.25, -0.2) is 0 Å². The molecule has 0 aromatic heterocycles. The first kappa shape index (κ1) is 28.2. The van der Waals surface area contributed by atoms with E-state index in [1.54, 1.807) is 54.6 Å². The summed E-state index contributed by atoms with van der Waals surface area (Å²) in [6.45, 7) is 4.05. The lowest BCUT2D eigenvalue weighted by molar-refractivity contribution is -0.127. The van der Waals surface area contributed by atoms with Gasteiger partial charge in [-0.15, -0.1) is 0 Å². The topological polar surface area (TPSA) is 75.7 Å². The highest BCUT2D eigenvalue weighted by molar-refractivity contribution is 9.10. The van der Waals surface area contributed by atoms with Crippen molar-refractivity contribution in [2.24, 2.45) is 0 Å². The highest BCUT2D eigenvalue weighted by atomic mass is 79.9. The van der Waals surface area contributed by atoms with E-state index in [0.29, 0.717) is 37.4 Å².